The summed E-state index contributed by atoms with van der Waals surface area (Å²) in [6.45, 7) is 5.70. The van der Waals surface area contributed by atoms with Crippen molar-refractivity contribution in [2.24, 2.45) is 5.92 Å². The average molecular weight is 419 g/mol. The van der Waals surface area contributed by atoms with Crippen molar-refractivity contribution >= 4 is 12.1 Å². The fraction of sp³-hybridized carbons (Fsp3) is 0.652. The highest BCUT2D eigenvalue weighted by atomic mass is 19.1. The molecule has 3 fully saturated rings. The number of hydrogen-bond donors (Lipinski definition) is 1. The van der Waals surface area contributed by atoms with Gasteiger partial charge in [-0.15, -0.1) is 0 Å². The highest BCUT2D eigenvalue weighted by Gasteiger charge is 2.43. The Bertz CT molecular complexity index is 831. The van der Waals surface area contributed by atoms with Crippen LogP contribution in [0.2, 0.25) is 0 Å². The molecule has 0 aromatic heterocycles. The minimum Gasteiger partial charge on any atom is -0.493 e. The number of rotatable bonds is 5. The first-order valence-electron chi connectivity index (χ1n) is 10.8. The van der Waals surface area contributed by atoms with Crippen molar-refractivity contribution in [3.63, 3.8) is 0 Å². The summed E-state index contributed by atoms with van der Waals surface area (Å²) >= 11 is 0. The predicted octanol–water partition coefficient (Wildman–Crippen LogP) is 4.96. The van der Waals surface area contributed by atoms with Gasteiger partial charge in [0.15, 0.2) is 0 Å². The quantitative estimate of drug-likeness (QED) is 0.683. The number of amides is 1. The van der Waals surface area contributed by atoms with Crippen LogP contribution in [0.5, 0.6) is 5.75 Å². The molecule has 2 atom stereocenters. The molecule has 2 unspecified atom stereocenters. The van der Waals surface area contributed by atoms with Gasteiger partial charge in [-0.1, -0.05) is 0 Å². The number of nitrogens with zero attached hydrogens (tertiary/aromatic N) is 1. The van der Waals surface area contributed by atoms with Crippen molar-refractivity contribution in [1.29, 1.82) is 0 Å². The van der Waals surface area contributed by atoms with Crippen LogP contribution in [0.1, 0.15) is 81.1 Å². The third-order valence-corrected chi connectivity index (χ3v) is 6.26. The molecule has 2 saturated heterocycles. The van der Waals surface area contributed by atoms with Gasteiger partial charge in [0.1, 0.15) is 17.2 Å². The lowest BCUT2D eigenvalue weighted by Gasteiger charge is -2.37. The second kappa shape index (κ2) is 7.75. The molecule has 2 aliphatic heterocycles. The zero-order valence-corrected chi connectivity index (χ0v) is 17.8. The van der Waals surface area contributed by atoms with Crippen LogP contribution in [0, 0.1) is 11.7 Å². The van der Waals surface area contributed by atoms with Crippen LogP contribution in [-0.2, 0) is 4.74 Å². The highest BCUT2D eigenvalue weighted by molar-refractivity contribution is 5.90. The number of hydrogen-bond acceptors (Lipinski definition) is 4. The van der Waals surface area contributed by atoms with E-state index in [4.69, 9.17) is 9.47 Å². The van der Waals surface area contributed by atoms with Gasteiger partial charge < -0.3 is 19.5 Å². The van der Waals surface area contributed by atoms with Gasteiger partial charge in [-0.25, -0.2) is 14.0 Å². The average Bonchev–Trinajstić information content (AvgIpc) is 3.43. The first kappa shape index (κ1) is 20.9. The zero-order chi connectivity index (χ0) is 21.6. The minimum absolute atomic E-state index is 0.0491. The molecule has 3 aliphatic rings. The number of piperidine rings is 1. The molecule has 1 amide bonds. The minimum atomic E-state index is -0.835. The first-order chi connectivity index (χ1) is 14.1. The molecule has 0 radical (unpaired) electrons. The maximum atomic E-state index is 14.7. The normalized spacial score (nSPS) is 25.9. The second-order valence-electron chi connectivity index (χ2n) is 9.87. The number of fused-ring (bicyclic) bond motifs is 2. The summed E-state index contributed by atoms with van der Waals surface area (Å²) < 4.78 is 26.1. The first-order valence-corrected chi connectivity index (χ1v) is 10.8. The van der Waals surface area contributed by atoms with E-state index < -0.39 is 23.5 Å². The van der Waals surface area contributed by atoms with Gasteiger partial charge in [0.2, 0.25) is 0 Å². The summed E-state index contributed by atoms with van der Waals surface area (Å²) in [6, 6.07) is 3.02. The van der Waals surface area contributed by atoms with Gasteiger partial charge in [0, 0.05) is 18.2 Å². The summed E-state index contributed by atoms with van der Waals surface area (Å²) in [5.74, 6) is -0.267. The highest BCUT2D eigenvalue weighted by Crippen LogP contribution is 2.46. The number of ether oxygens (including phenoxy) is 2. The van der Waals surface area contributed by atoms with Crippen LogP contribution in [0.15, 0.2) is 12.1 Å². The lowest BCUT2D eigenvalue weighted by molar-refractivity contribution is 0.00642. The van der Waals surface area contributed by atoms with Gasteiger partial charge >= 0.3 is 12.1 Å². The van der Waals surface area contributed by atoms with E-state index in [2.05, 4.69) is 0 Å². The maximum Gasteiger partial charge on any atom is 0.407 e. The van der Waals surface area contributed by atoms with Crippen molar-refractivity contribution in [2.75, 3.05) is 6.61 Å². The van der Waals surface area contributed by atoms with Crippen molar-refractivity contribution < 1.29 is 28.6 Å². The molecule has 1 aromatic rings. The molecule has 1 aromatic carbocycles. The number of carbonyl (C=O) groups excluding carboxylic acids is 1. The van der Waals surface area contributed by atoms with E-state index in [1.165, 1.54) is 6.07 Å². The van der Waals surface area contributed by atoms with Crippen LogP contribution in [0.3, 0.4) is 0 Å². The van der Waals surface area contributed by atoms with Crippen LogP contribution in [0.25, 0.3) is 0 Å². The van der Waals surface area contributed by atoms with Crippen LogP contribution in [0.4, 0.5) is 9.18 Å². The molecule has 0 spiro atoms. The number of carboxylic acid groups (broad SMARTS) is 1. The number of benzene rings is 1. The van der Waals surface area contributed by atoms with Crippen LogP contribution in [-0.4, -0.2) is 46.4 Å². The number of halogens is 1. The monoisotopic (exact) mass is 419 g/mol. The van der Waals surface area contributed by atoms with Gasteiger partial charge in [-0.3, -0.25) is 0 Å². The molecule has 6 nitrogen and oxygen atoms in total. The molecule has 2 bridgehead atoms. The van der Waals surface area contributed by atoms with E-state index in [1.807, 2.05) is 0 Å². The van der Waals surface area contributed by atoms with Crippen LogP contribution >= 0.6 is 0 Å². The maximum absolute atomic E-state index is 14.7. The summed E-state index contributed by atoms with van der Waals surface area (Å²) in [5, 5.41) is 9.40. The second-order valence-corrected chi connectivity index (χ2v) is 9.87. The zero-order valence-electron chi connectivity index (χ0n) is 17.8. The molecular weight excluding hydrogens is 389 g/mol. The Morgan fingerprint density at radius 2 is 1.77 bits per heavy atom. The lowest BCUT2D eigenvalue weighted by Crippen LogP contribution is -2.46. The van der Waals surface area contributed by atoms with Crippen molar-refractivity contribution in [3.05, 3.63) is 29.1 Å². The van der Waals surface area contributed by atoms with E-state index in [-0.39, 0.29) is 29.5 Å². The van der Waals surface area contributed by atoms with E-state index in [0.29, 0.717) is 12.4 Å². The van der Waals surface area contributed by atoms with Gasteiger partial charge in [0.25, 0.3) is 0 Å². The number of carbonyl (C=O) groups is 2. The Hall–Kier alpha value is -2.31. The van der Waals surface area contributed by atoms with Crippen molar-refractivity contribution in [3.8, 4) is 5.75 Å². The molecule has 164 valence electrons. The summed E-state index contributed by atoms with van der Waals surface area (Å²) in [5.41, 5.74) is 0.123. The Morgan fingerprint density at radius 3 is 2.30 bits per heavy atom. The fourth-order valence-electron chi connectivity index (χ4n) is 4.85. The van der Waals surface area contributed by atoms with E-state index in [1.54, 1.807) is 31.7 Å². The molecule has 30 heavy (non-hydrogen) atoms. The Kier molecular flexibility index (Phi) is 5.41. The molecule has 4 rings (SSSR count). The Balaban J connectivity index is 1.46. The summed E-state index contributed by atoms with van der Waals surface area (Å²) in [6.07, 6.45) is 4.52. The standard InChI is InChI=1S/C23H30FNO5/c1-23(2,3)30-21(26)18-10-17(14-4-5-14)20(11-19(18)24)29-12-13-8-15-6-7-16(9-13)25(15)22(27)28/h10-11,13-16H,4-9,12H2,1-3H3,(H,27,28). The SMILES string of the molecule is CC(C)(C)OC(=O)c1cc(C2CC2)c(OCC2CC3CCC(C2)N3C(=O)O)cc1F. The van der Waals surface area contributed by atoms with E-state index in [9.17, 15) is 19.1 Å². The van der Waals surface area contributed by atoms with Gasteiger partial charge in [0.05, 0.1) is 12.2 Å². The fourth-order valence-corrected chi connectivity index (χ4v) is 4.85. The third kappa shape index (κ3) is 4.40. The molecule has 7 heteroatoms. The Labute approximate surface area is 176 Å². The molecule has 1 N–H and O–H groups in total. The Morgan fingerprint density at radius 1 is 1.13 bits per heavy atom. The predicted molar refractivity (Wildman–Crippen MR) is 108 cm³/mol. The van der Waals surface area contributed by atoms with Gasteiger partial charge in [-0.2, -0.15) is 0 Å². The molecular formula is C23H30FNO5. The lowest BCUT2D eigenvalue weighted by atomic mass is 9.91. The summed E-state index contributed by atoms with van der Waals surface area (Å²) in [4.78, 5) is 25.5. The number of esters is 1. The van der Waals surface area contributed by atoms with E-state index >= 15 is 0 Å². The molecule has 2 heterocycles. The van der Waals surface area contributed by atoms with E-state index in [0.717, 1.165) is 44.1 Å². The smallest absolute Gasteiger partial charge is 0.407 e. The third-order valence-electron chi connectivity index (χ3n) is 6.26. The van der Waals surface area contributed by atoms with Crippen molar-refractivity contribution in [2.45, 2.75) is 82.9 Å². The molecule has 1 aliphatic carbocycles. The van der Waals surface area contributed by atoms with Crippen molar-refractivity contribution in [1.82, 2.24) is 4.90 Å². The van der Waals surface area contributed by atoms with Crippen LogP contribution < -0.4 is 4.74 Å². The van der Waals surface area contributed by atoms with Gasteiger partial charge in [-0.05, 0) is 82.8 Å². The largest absolute Gasteiger partial charge is 0.493 e. The topological polar surface area (TPSA) is 76.1 Å². The molecule has 1 saturated carbocycles. The summed E-state index contributed by atoms with van der Waals surface area (Å²) in [7, 11) is 0.